The molecule has 2 aromatic carbocycles. The van der Waals surface area contributed by atoms with Gasteiger partial charge in [-0.3, -0.25) is 0 Å². The highest BCUT2D eigenvalue weighted by Gasteiger charge is 2.21. The smallest absolute Gasteiger partial charge is 0.249 e. The zero-order chi connectivity index (χ0) is 19.3. The van der Waals surface area contributed by atoms with E-state index >= 15 is 0 Å². The van der Waals surface area contributed by atoms with Gasteiger partial charge in [-0.1, -0.05) is 48.0 Å². The summed E-state index contributed by atoms with van der Waals surface area (Å²) < 4.78 is 0. The molecular weight excluding hydrogens is 370 g/mol. The topological polar surface area (TPSA) is 53.9 Å². The van der Waals surface area contributed by atoms with Crippen LogP contribution in [0.1, 0.15) is 24.0 Å². The molecule has 1 fully saturated rings. The van der Waals surface area contributed by atoms with Crippen LogP contribution in [-0.4, -0.2) is 28.3 Å². The van der Waals surface area contributed by atoms with Crippen molar-refractivity contribution in [2.45, 2.75) is 26.2 Å². The molecule has 0 unspecified atom stereocenters. The second-order valence-electron chi connectivity index (χ2n) is 7.34. The SMILES string of the molecule is Cc1ccc(Cl)cc1Nc1nncc(N2CCC(Cc3ccccc3)CC2)n1. The Morgan fingerprint density at radius 2 is 1.89 bits per heavy atom. The first-order valence-corrected chi connectivity index (χ1v) is 10.1. The summed E-state index contributed by atoms with van der Waals surface area (Å²) in [5.74, 6) is 2.09. The standard InChI is InChI=1S/C22H24ClN5/c1-16-7-8-19(23)14-20(16)25-22-26-21(15-24-27-22)28-11-9-18(10-12-28)13-17-5-3-2-4-6-17/h2-8,14-15,18H,9-13H2,1H3,(H,25,26,27). The number of anilines is 3. The molecule has 6 heteroatoms. The van der Waals surface area contributed by atoms with Crippen LogP contribution in [-0.2, 0) is 6.42 Å². The maximum absolute atomic E-state index is 6.10. The minimum Gasteiger partial charge on any atom is -0.355 e. The molecule has 2 heterocycles. The Morgan fingerprint density at radius 3 is 2.68 bits per heavy atom. The van der Waals surface area contributed by atoms with E-state index in [0.29, 0.717) is 11.0 Å². The molecule has 0 saturated carbocycles. The van der Waals surface area contributed by atoms with Crippen LogP contribution in [0.15, 0.2) is 54.7 Å². The Labute approximate surface area is 170 Å². The number of hydrogen-bond acceptors (Lipinski definition) is 5. The lowest BCUT2D eigenvalue weighted by Crippen LogP contribution is -2.35. The number of hydrogen-bond donors (Lipinski definition) is 1. The van der Waals surface area contributed by atoms with Gasteiger partial charge < -0.3 is 10.2 Å². The largest absolute Gasteiger partial charge is 0.355 e. The molecule has 0 spiro atoms. The molecule has 1 aliphatic rings. The van der Waals surface area contributed by atoms with E-state index in [1.165, 1.54) is 5.56 Å². The van der Waals surface area contributed by atoms with Crippen molar-refractivity contribution >= 4 is 29.1 Å². The fraction of sp³-hybridized carbons (Fsp3) is 0.318. The zero-order valence-electron chi connectivity index (χ0n) is 16.0. The molecule has 1 aliphatic heterocycles. The fourth-order valence-corrected chi connectivity index (χ4v) is 3.84. The highest BCUT2D eigenvalue weighted by atomic mass is 35.5. The molecule has 0 aliphatic carbocycles. The molecule has 0 bridgehead atoms. The number of nitrogens with zero attached hydrogens (tertiary/aromatic N) is 4. The molecule has 3 aromatic rings. The first-order valence-electron chi connectivity index (χ1n) is 9.69. The van der Waals surface area contributed by atoms with Crippen molar-refractivity contribution in [3.63, 3.8) is 0 Å². The lowest BCUT2D eigenvalue weighted by molar-refractivity contribution is 0.402. The lowest BCUT2D eigenvalue weighted by atomic mass is 9.90. The van der Waals surface area contributed by atoms with Gasteiger partial charge in [-0.2, -0.15) is 10.1 Å². The first kappa shape index (κ1) is 18.7. The second kappa shape index (κ2) is 8.57. The van der Waals surface area contributed by atoms with E-state index < -0.39 is 0 Å². The predicted molar refractivity (Wildman–Crippen MR) is 114 cm³/mol. The fourth-order valence-electron chi connectivity index (χ4n) is 3.66. The van der Waals surface area contributed by atoms with E-state index in [-0.39, 0.29) is 0 Å². The molecule has 144 valence electrons. The van der Waals surface area contributed by atoms with Gasteiger partial charge in [0.1, 0.15) is 0 Å². The molecule has 5 nitrogen and oxygen atoms in total. The van der Waals surface area contributed by atoms with E-state index in [1.54, 1.807) is 6.20 Å². The van der Waals surface area contributed by atoms with Gasteiger partial charge in [0.2, 0.25) is 5.95 Å². The summed E-state index contributed by atoms with van der Waals surface area (Å²) in [6.45, 7) is 4.01. The summed E-state index contributed by atoms with van der Waals surface area (Å²) in [7, 11) is 0. The summed E-state index contributed by atoms with van der Waals surface area (Å²) in [5.41, 5.74) is 3.40. The minimum absolute atomic E-state index is 0.495. The highest BCUT2D eigenvalue weighted by Crippen LogP contribution is 2.26. The number of benzene rings is 2. The Balaban J connectivity index is 1.39. The van der Waals surface area contributed by atoms with E-state index in [1.807, 2.05) is 25.1 Å². The molecule has 4 rings (SSSR count). The second-order valence-corrected chi connectivity index (χ2v) is 7.78. The van der Waals surface area contributed by atoms with Crippen molar-refractivity contribution in [2.24, 2.45) is 5.92 Å². The van der Waals surface area contributed by atoms with Crippen LogP contribution in [0.4, 0.5) is 17.5 Å². The summed E-state index contributed by atoms with van der Waals surface area (Å²) >= 11 is 6.10. The summed E-state index contributed by atoms with van der Waals surface area (Å²) in [5, 5.41) is 12.2. The van der Waals surface area contributed by atoms with Crippen molar-refractivity contribution in [1.82, 2.24) is 15.2 Å². The number of nitrogens with one attached hydrogen (secondary N) is 1. The maximum atomic E-state index is 6.10. The minimum atomic E-state index is 0.495. The van der Waals surface area contributed by atoms with Crippen molar-refractivity contribution < 1.29 is 0 Å². The number of halogens is 1. The molecule has 0 atom stereocenters. The molecule has 1 N–H and O–H groups in total. The normalized spacial score (nSPS) is 14.9. The van der Waals surface area contributed by atoms with Crippen molar-refractivity contribution in [1.29, 1.82) is 0 Å². The molecule has 0 radical (unpaired) electrons. The number of aryl methyl sites for hydroxylation is 1. The van der Waals surface area contributed by atoms with Crippen LogP contribution in [0, 0.1) is 12.8 Å². The van der Waals surface area contributed by atoms with E-state index in [0.717, 1.165) is 55.3 Å². The number of piperidine rings is 1. The van der Waals surface area contributed by atoms with Crippen LogP contribution < -0.4 is 10.2 Å². The zero-order valence-corrected chi connectivity index (χ0v) is 16.7. The molecule has 1 aromatic heterocycles. The Hall–Kier alpha value is -2.66. The monoisotopic (exact) mass is 393 g/mol. The summed E-state index contributed by atoms with van der Waals surface area (Å²) in [6, 6.07) is 16.5. The van der Waals surface area contributed by atoms with Gasteiger partial charge >= 0.3 is 0 Å². The van der Waals surface area contributed by atoms with Crippen LogP contribution in [0.3, 0.4) is 0 Å². The average molecular weight is 394 g/mol. The van der Waals surface area contributed by atoms with Crippen LogP contribution in [0.25, 0.3) is 0 Å². The van der Waals surface area contributed by atoms with E-state index in [4.69, 9.17) is 11.6 Å². The number of aromatic nitrogens is 3. The molecular formula is C22H24ClN5. The van der Waals surface area contributed by atoms with Gasteiger partial charge in [0.25, 0.3) is 0 Å². The summed E-state index contributed by atoms with van der Waals surface area (Å²) in [6.07, 6.45) is 5.22. The highest BCUT2D eigenvalue weighted by molar-refractivity contribution is 6.30. The first-order chi connectivity index (χ1) is 13.7. The summed E-state index contributed by atoms with van der Waals surface area (Å²) in [4.78, 5) is 6.97. The van der Waals surface area contributed by atoms with Crippen LogP contribution >= 0.6 is 11.6 Å². The third kappa shape index (κ3) is 4.60. The Morgan fingerprint density at radius 1 is 1.11 bits per heavy atom. The third-order valence-electron chi connectivity index (χ3n) is 5.30. The number of rotatable bonds is 5. The molecule has 28 heavy (non-hydrogen) atoms. The lowest BCUT2D eigenvalue weighted by Gasteiger charge is -2.32. The van der Waals surface area contributed by atoms with Gasteiger partial charge in [-0.15, -0.1) is 5.10 Å². The van der Waals surface area contributed by atoms with E-state index in [9.17, 15) is 0 Å². The Bertz CT molecular complexity index is 923. The predicted octanol–water partition coefficient (Wildman–Crippen LogP) is 5.04. The third-order valence-corrected chi connectivity index (χ3v) is 5.53. The van der Waals surface area contributed by atoms with E-state index in [2.05, 4.69) is 55.7 Å². The Kier molecular flexibility index (Phi) is 5.72. The van der Waals surface area contributed by atoms with Crippen LogP contribution in [0.2, 0.25) is 5.02 Å². The van der Waals surface area contributed by atoms with Gasteiger partial charge in [0.05, 0.1) is 6.20 Å². The van der Waals surface area contributed by atoms with Gasteiger partial charge in [0, 0.05) is 23.8 Å². The van der Waals surface area contributed by atoms with Crippen molar-refractivity contribution in [3.8, 4) is 0 Å². The quantitative estimate of drug-likeness (QED) is 0.658. The molecule has 0 amide bonds. The van der Waals surface area contributed by atoms with Gasteiger partial charge in [-0.25, -0.2) is 0 Å². The van der Waals surface area contributed by atoms with Crippen molar-refractivity contribution in [3.05, 3.63) is 70.9 Å². The average Bonchev–Trinajstić information content (AvgIpc) is 2.72. The van der Waals surface area contributed by atoms with Gasteiger partial charge in [0.15, 0.2) is 5.82 Å². The van der Waals surface area contributed by atoms with Crippen LogP contribution in [0.5, 0.6) is 0 Å². The molecule has 1 saturated heterocycles. The maximum Gasteiger partial charge on any atom is 0.249 e. The van der Waals surface area contributed by atoms with Crippen molar-refractivity contribution in [2.75, 3.05) is 23.3 Å². The van der Waals surface area contributed by atoms with Gasteiger partial charge in [-0.05, 0) is 55.4 Å².